The molecule has 54 valence electrons. The first kappa shape index (κ1) is 7.72. The second kappa shape index (κ2) is 4.43. The molecule has 0 saturated carbocycles. The maximum Gasteiger partial charge on any atom is 0.140 e. The van der Waals surface area contributed by atoms with Crippen LogP contribution in [0.15, 0.2) is 30.3 Å². The Bertz CT molecular complexity index is 176. The Labute approximate surface area is 66.6 Å². The fraction of sp³-hybridized carbons (Fsp3) is 0.143. The van der Waals surface area contributed by atoms with Crippen molar-refractivity contribution >= 4 is 19.0 Å². The van der Waals surface area contributed by atoms with Gasteiger partial charge in [-0.3, -0.25) is 0 Å². The summed E-state index contributed by atoms with van der Waals surface area (Å²) >= 11 is 0. The zero-order chi connectivity index (χ0) is 7.23. The molecule has 0 bridgehead atoms. The summed E-state index contributed by atoms with van der Waals surface area (Å²) in [6, 6.07) is 10.3. The van der Waals surface area contributed by atoms with Crippen molar-refractivity contribution in [2.75, 3.05) is 0 Å². The molecule has 10 heavy (non-hydrogen) atoms. The molecule has 0 aliphatic rings. The Morgan fingerprint density at radius 3 is 2.60 bits per heavy atom. The predicted octanol–water partition coefficient (Wildman–Crippen LogP) is -0.433. The van der Waals surface area contributed by atoms with Crippen LogP contribution in [0, 0.1) is 0 Å². The van der Waals surface area contributed by atoms with E-state index in [0.717, 1.165) is 6.61 Å². The summed E-state index contributed by atoms with van der Waals surface area (Å²) in [6.07, 6.45) is 0. The van der Waals surface area contributed by atoms with Gasteiger partial charge in [0.15, 0.2) is 0 Å². The zero-order valence-corrected chi connectivity index (χ0v) is 9.62. The third kappa shape index (κ3) is 2.47. The van der Waals surface area contributed by atoms with Crippen molar-refractivity contribution in [3.63, 3.8) is 0 Å². The Kier molecular flexibility index (Phi) is 3.42. The first-order chi connectivity index (χ1) is 4.93. The zero-order valence-electron chi connectivity index (χ0n) is 6.21. The SMILES string of the molecule is [SiH3][SiH2]OCc1ccccc1. The van der Waals surface area contributed by atoms with Gasteiger partial charge in [0.05, 0.1) is 6.61 Å². The second-order valence-corrected chi connectivity index (χ2v) is 4.84. The average Bonchev–Trinajstić information content (AvgIpc) is 2.03. The lowest BCUT2D eigenvalue weighted by atomic mass is 10.2. The van der Waals surface area contributed by atoms with Gasteiger partial charge in [-0.1, -0.05) is 30.3 Å². The summed E-state index contributed by atoms with van der Waals surface area (Å²) in [4.78, 5) is 0. The summed E-state index contributed by atoms with van der Waals surface area (Å²) in [5.41, 5.74) is 1.30. The lowest BCUT2D eigenvalue weighted by molar-refractivity contribution is 0.334. The van der Waals surface area contributed by atoms with E-state index >= 15 is 0 Å². The quantitative estimate of drug-likeness (QED) is 0.557. The average molecular weight is 168 g/mol. The van der Waals surface area contributed by atoms with Gasteiger partial charge in [-0.2, -0.15) is 0 Å². The van der Waals surface area contributed by atoms with E-state index < -0.39 is 0 Å². The minimum absolute atomic E-state index is 0.0909. The van der Waals surface area contributed by atoms with E-state index in [4.69, 9.17) is 4.43 Å². The Hall–Kier alpha value is -0.386. The lowest BCUT2D eigenvalue weighted by Gasteiger charge is -1.99. The second-order valence-electron chi connectivity index (χ2n) is 2.12. The Morgan fingerprint density at radius 2 is 2.00 bits per heavy atom. The van der Waals surface area contributed by atoms with Gasteiger partial charge in [0.2, 0.25) is 0 Å². The molecule has 1 nitrogen and oxygen atoms in total. The molecule has 0 N–H and O–H groups in total. The van der Waals surface area contributed by atoms with Crippen molar-refractivity contribution in [3.8, 4) is 0 Å². The van der Waals surface area contributed by atoms with E-state index in [-0.39, 0.29) is 9.28 Å². The van der Waals surface area contributed by atoms with Gasteiger partial charge < -0.3 is 4.43 Å². The van der Waals surface area contributed by atoms with Crippen LogP contribution >= 0.6 is 0 Å². The van der Waals surface area contributed by atoms with Crippen LogP contribution in [0.4, 0.5) is 0 Å². The third-order valence-electron chi connectivity index (χ3n) is 1.32. The third-order valence-corrected chi connectivity index (χ3v) is 3.15. The first-order valence-corrected chi connectivity index (χ1v) is 9.78. The van der Waals surface area contributed by atoms with Crippen LogP contribution in [0.3, 0.4) is 0 Å². The molecule has 0 spiro atoms. The predicted molar refractivity (Wildman–Crippen MR) is 49.7 cm³/mol. The number of hydrogen-bond donors (Lipinski definition) is 0. The highest BCUT2D eigenvalue weighted by Crippen LogP contribution is 1.98. The summed E-state index contributed by atoms with van der Waals surface area (Å²) in [5.74, 6) is 0. The normalized spacial score (nSPS) is 11.2. The van der Waals surface area contributed by atoms with Crippen molar-refractivity contribution in [2.45, 2.75) is 6.61 Å². The maximum absolute atomic E-state index is 5.42. The van der Waals surface area contributed by atoms with Crippen molar-refractivity contribution in [1.29, 1.82) is 0 Å². The monoisotopic (exact) mass is 168 g/mol. The van der Waals surface area contributed by atoms with E-state index in [0.29, 0.717) is 0 Å². The fourth-order valence-corrected chi connectivity index (χ4v) is 1.85. The molecular formula is C7H12OSi2. The molecule has 0 saturated heterocycles. The largest absolute Gasteiger partial charge is 0.424 e. The van der Waals surface area contributed by atoms with E-state index in [1.165, 1.54) is 15.3 Å². The van der Waals surface area contributed by atoms with Crippen molar-refractivity contribution in [1.82, 2.24) is 0 Å². The Balaban J connectivity index is 2.43. The molecule has 0 heterocycles. The van der Waals surface area contributed by atoms with Gasteiger partial charge >= 0.3 is 0 Å². The van der Waals surface area contributed by atoms with Crippen LogP contribution in [-0.4, -0.2) is 19.0 Å². The van der Waals surface area contributed by atoms with Crippen molar-refractivity contribution in [2.24, 2.45) is 0 Å². The van der Waals surface area contributed by atoms with Gasteiger partial charge in [0.25, 0.3) is 0 Å². The van der Waals surface area contributed by atoms with E-state index in [2.05, 4.69) is 12.1 Å². The molecule has 1 aromatic rings. The molecule has 0 aliphatic carbocycles. The number of hydrogen-bond acceptors (Lipinski definition) is 1. The van der Waals surface area contributed by atoms with Crippen LogP contribution in [-0.2, 0) is 11.0 Å². The minimum atomic E-state index is -0.0909. The van der Waals surface area contributed by atoms with Gasteiger partial charge in [0.1, 0.15) is 9.28 Å². The van der Waals surface area contributed by atoms with Crippen molar-refractivity contribution < 1.29 is 4.43 Å². The molecule has 1 rings (SSSR count). The van der Waals surface area contributed by atoms with Crippen LogP contribution in [0.5, 0.6) is 0 Å². The smallest absolute Gasteiger partial charge is 0.140 e. The molecular weight excluding hydrogens is 156 g/mol. The van der Waals surface area contributed by atoms with Gasteiger partial charge in [-0.15, -0.1) is 0 Å². The highest BCUT2D eigenvalue weighted by atomic mass is 29.1. The molecule has 1 aromatic carbocycles. The van der Waals surface area contributed by atoms with E-state index in [1.807, 2.05) is 18.2 Å². The molecule has 3 heteroatoms. The van der Waals surface area contributed by atoms with Crippen LogP contribution < -0.4 is 0 Å². The van der Waals surface area contributed by atoms with E-state index in [9.17, 15) is 0 Å². The topological polar surface area (TPSA) is 9.23 Å². The van der Waals surface area contributed by atoms with Crippen LogP contribution in [0.1, 0.15) is 5.56 Å². The summed E-state index contributed by atoms with van der Waals surface area (Å²) < 4.78 is 5.42. The minimum Gasteiger partial charge on any atom is -0.424 e. The summed E-state index contributed by atoms with van der Waals surface area (Å²) in [6.45, 7) is 0.830. The molecule has 0 radical (unpaired) electrons. The van der Waals surface area contributed by atoms with Gasteiger partial charge in [-0.05, 0) is 5.56 Å². The highest BCUT2D eigenvalue weighted by Gasteiger charge is 1.86. The van der Waals surface area contributed by atoms with Crippen LogP contribution in [0.25, 0.3) is 0 Å². The molecule has 0 aliphatic heterocycles. The molecule has 0 fully saturated rings. The summed E-state index contributed by atoms with van der Waals surface area (Å²) in [5, 5.41) is 0. The van der Waals surface area contributed by atoms with Crippen LogP contribution in [0.2, 0.25) is 0 Å². The number of rotatable bonds is 3. The molecule has 0 unspecified atom stereocenters. The van der Waals surface area contributed by atoms with Gasteiger partial charge in [-0.25, -0.2) is 0 Å². The molecule has 0 amide bonds. The standard InChI is InChI=1S/C7H12OSi2/c9-10-8-6-7-4-2-1-3-5-7/h1-5H,6,10H2,9H3. The lowest BCUT2D eigenvalue weighted by Crippen LogP contribution is -1.97. The number of benzene rings is 1. The highest BCUT2D eigenvalue weighted by molar-refractivity contribution is 6.85. The Morgan fingerprint density at radius 1 is 1.30 bits per heavy atom. The first-order valence-electron chi connectivity index (χ1n) is 3.55. The van der Waals surface area contributed by atoms with Gasteiger partial charge in [0, 0.05) is 9.76 Å². The molecule has 0 aromatic heterocycles. The summed E-state index contributed by atoms with van der Waals surface area (Å²) in [7, 11) is 1.18. The maximum atomic E-state index is 5.42. The van der Waals surface area contributed by atoms with Crippen molar-refractivity contribution in [3.05, 3.63) is 35.9 Å². The fourth-order valence-electron chi connectivity index (χ4n) is 0.794. The van der Waals surface area contributed by atoms with E-state index in [1.54, 1.807) is 0 Å². The molecule has 0 atom stereocenters.